The van der Waals surface area contributed by atoms with Gasteiger partial charge in [-0.2, -0.15) is 4.99 Å². The SMILES string of the molecule is C=C/C=C\C(C)=NC(=O)OC(C)(C)C. The Kier molecular flexibility index (Phi) is 4.84. The minimum atomic E-state index is -0.566. The molecule has 0 aliphatic rings. The van der Waals surface area contributed by atoms with E-state index in [9.17, 15) is 4.79 Å². The van der Waals surface area contributed by atoms with Crippen molar-refractivity contribution < 1.29 is 9.53 Å². The largest absolute Gasteiger partial charge is 0.442 e. The third kappa shape index (κ3) is 7.28. The van der Waals surface area contributed by atoms with E-state index in [2.05, 4.69) is 11.6 Å². The van der Waals surface area contributed by atoms with Gasteiger partial charge >= 0.3 is 6.09 Å². The summed E-state index contributed by atoms with van der Waals surface area (Å²) in [5.74, 6) is 0. The molecule has 14 heavy (non-hydrogen) atoms. The summed E-state index contributed by atoms with van der Waals surface area (Å²) in [5.41, 5.74) is 0.0994. The summed E-state index contributed by atoms with van der Waals surface area (Å²) < 4.78 is 5.00. The molecule has 0 bridgehead atoms. The van der Waals surface area contributed by atoms with E-state index in [4.69, 9.17) is 4.74 Å². The van der Waals surface area contributed by atoms with Gasteiger partial charge in [0.2, 0.25) is 0 Å². The Labute approximate surface area is 85.2 Å². The van der Waals surface area contributed by atoms with Crippen LogP contribution in [0.1, 0.15) is 27.7 Å². The van der Waals surface area contributed by atoms with E-state index in [1.54, 1.807) is 45.9 Å². The van der Waals surface area contributed by atoms with Crippen molar-refractivity contribution in [3.63, 3.8) is 0 Å². The second-order valence-corrected chi connectivity index (χ2v) is 3.83. The van der Waals surface area contributed by atoms with E-state index in [1.165, 1.54) is 0 Å². The first-order valence-electron chi connectivity index (χ1n) is 4.42. The lowest BCUT2D eigenvalue weighted by atomic mass is 10.2. The van der Waals surface area contributed by atoms with Crippen LogP contribution in [-0.4, -0.2) is 17.4 Å². The first-order chi connectivity index (χ1) is 6.35. The number of aliphatic imine (C=N–C) groups is 1. The van der Waals surface area contributed by atoms with E-state index in [-0.39, 0.29) is 0 Å². The number of ether oxygens (including phenoxy) is 1. The number of hydrogen-bond acceptors (Lipinski definition) is 2. The van der Waals surface area contributed by atoms with Gasteiger partial charge in [-0.3, -0.25) is 0 Å². The monoisotopic (exact) mass is 195 g/mol. The third-order valence-corrected chi connectivity index (χ3v) is 1.13. The Morgan fingerprint density at radius 3 is 2.43 bits per heavy atom. The van der Waals surface area contributed by atoms with E-state index in [0.717, 1.165) is 0 Å². The van der Waals surface area contributed by atoms with Crippen LogP contribution in [-0.2, 0) is 4.74 Å². The van der Waals surface area contributed by atoms with E-state index >= 15 is 0 Å². The van der Waals surface area contributed by atoms with Gasteiger partial charge in [-0.05, 0) is 33.8 Å². The van der Waals surface area contributed by atoms with Crippen LogP contribution in [0.3, 0.4) is 0 Å². The van der Waals surface area contributed by atoms with Gasteiger partial charge in [0, 0.05) is 5.71 Å². The lowest BCUT2D eigenvalue weighted by Crippen LogP contribution is -2.22. The number of carbonyl (C=O) groups excluding carboxylic acids is 1. The average molecular weight is 195 g/mol. The molecule has 0 heterocycles. The maximum absolute atomic E-state index is 11.2. The third-order valence-electron chi connectivity index (χ3n) is 1.13. The van der Waals surface area contributed by atoms with Crippen molar-refractivity contribution in [2.45, 2.75) is 33.3 Å². The zero-order valence-corrected chi connectivity index (χ0v) is 9.20. The molecule has 0 atom stereocenters. The number of allylic oxidation sites excluding steroid dienone is 3. The number of rotatable bonds is 2. The molecule has 3 heteroatoms. The highest BCUT2D eigenvalue weighted by atomic mass is 16.6. The second-order valence-electron chi connectivity index (χ2n) is 3.83. The minimum Gasteiger partial charge on any atom is -0.442 e. The van der Waals surface area contributed by atoms with Crippen LogP contribution in [0.25, 0.3) is 0 Å². The molecule has 0 fully saturated rings. The quantitative estimate of drug-likeness (QED) is 0.501. The standard InChI is InChI=1S/C11H17NO2/c1-6-7-8-9(2)12-10(13)14-11(3,4)5/h6-8H,1H2,2-5H3/b8-7-,12-9?. The molecule has 0 aliphatic heterocycles. The van der Waals surface area contributed by atoms with Crippen molar-refractivity contribution in [1.29, 1.82) is 0 Å². The maximum Gasteiger partial charge on any atom is 0.434 e. The zero-order chi connectivity index (χ0) is 11.2. The van der Waals surface area contributed by atoms with Crippen molar-refractivity contribution in [3.8, 4) is 0 Å². The van der Waals surface area contributed by atoms with Crippen molar-refractivity contribution in [1.82, 2.24) is 0 Å². The van der Waals surface area contributed by atoms with E-state index in [1.807, 2.05) is 0 Å². The molecule has 0 aromatic carbocycles. The Hall–Kier alpha value is -1.38. The summed E-state index contributed by atoms with van der Waals surface area (Å²) in [4.78, 5) is 14.9. The second kappa shape index (κ2) is 5.37. The fourth-order valence-corrected chi connectivity index (χ4v) is 0.673. The summed E-state index contributed by atoms with van der Waals surface area (Å²) in [6, 6.07) is 0. The number of hydrogen-bond donors (Lipinski definition) is 0. The Morgan fingerprint density at radius 2 is 2.00 bits per heavy atom. The molecule has 0 saturated heterocycles. The van der Waals surface area contributed by atoms with Crippen molar-refractivity contribution >= 4 is 11.8 Å². The van der Waals surface area contributed by atoms with Crippen molar-refractivity contribution in [2.24, 2.45) is 4.99 Å². The highest BCUT2D eigenvalue weighted by Crippen LogP contribution is 2.08. The molecule has 1 amide bonds. The summed E-state index contributed by atoms with van der Waals surface area (Å²) in [7, 11) is 0. The predicted molar refractivity (Wildman–Crippen MR) is 58.7 cm³/mol. The lowest BCUT2D eigenvalue weighted by Gasteiger charge is -2.17. The zero-order valence-electron chi connectivity index (χ0n) is 9.20. The molecule has 78 valence electrons. The number of amides is 1. The van der Waals surface area contributed by atoms with Gasteiger partial charge in [0.15, 0.2) is 0 Å². The molecule has 0 aromatic heterocycles. The van der Waals surface area contributed by atoms with Crippen LogP contribution >= 0.6 is 0 Å². The molecular formula is C11H17NO2. The molecule has 0 aromatic rings. The highest BCUT2D eigenvalue weighted by molar-refractivity contribution is 5.99. The van der Waals surface area contributed by atoms with Crippen LogP contribution < -0.4 is 0 Å². The predicted octanol–water partition coefficient (Wildman–Crippen LogP) is 3.12. The molecule has 0 rings (SSSR count). The lowest BCUT2D eigenvalue weighted by molar-refractivity contribution is 0.0604. The average Bonchev–Trinajstić information content (AvgIpc) is 1.96. The van der Waals surface area contributed by atoms with Crippen molar-refractivity contribution in [3.05, 3.63) is 24.8 Å². The summed E-state index contributed by atoms with van der Waals surface area (Å²) >= 11 is 0. The fourth-order valence-electron chi connectivity index (χ4n) is 0.673. The topological polar surface area (TPSA) is 38.7 Å². The summed E-state index contributed by atoms with van der Waals surface area (Å²) in [6.45, 7) is 10.6. The van der Waals surface area contributed by atoms with Gasteiger partial charge in [-0.15, -0.1) is 0 Å². The summed E-state index contributed by atoms with van der Waals surface area (Å²) in [5, 5.41) is 0. The minimum absolute atomic E-state index is 0.497. The van der Waals surface area contributed by atoms with Crippen LogP contribution in [0.2, 0.25) is 0 Å². The molecule has 0 saturated carbocycles. The molecule has 0 N–H and O–H groups in total. The number of carbonyl (C=O) groups is 1. The normalized spacial score (nSPS) is 13.0. The van der Waals surface area contributed by atoms with E-state index in [0.29, 0.717) is 5.71 Å². The van der Waals surface area contributed by atoms with Crippen molar-refractivity contribution in [2.75, 3.05) is 0 Å². The Balaban J connectivity index is 4.29. The molecule has 0 unspecified atom stereocenters. The van der Waals surface area contributed by atoms with Crippen LogP contribution in [0.5, 0.6) is 0 Å². The van der Waals surface area contributed by atoms with Gasteiger partial charge in [-0.25, -0.2) is 4.79 Å². The molecule has 0 aliphatic carbocycles. The van der Waals surface area contributed by atoms with Gasteiger partial charge in [-0.1, -0.05) is 18.7 Å². The first-order valence-corrected chi connectivity index (χ1v) is 4.42. The van der Waals surface area contributed by atoms with Crippen LogP contribution in [0, 0.1) is 0 Å². The van der Waals surface area contributed by atoms with Gasteiger partial charge in [0.1, 0.15) is 5.60 Å². The van der Waals surface area contributed by atoms with Crippen LogP contribution in [0.4, 0.5) is 4.79 Å². The van der Waals surface area contributed by atoms with Gasteiger partial charge in [0.05, 0.1) is 0 Å². The Morgan fingerprint density at radius 1 is 1.43 bits per heavy atom. The smallest absolute Gasteiger partial charge is 0.434 e. The molecule has 0 spiro atoms. The summed E-state index contributed by atoms with van der Waals surface area (Å²) in [6.07, 6.45) is 4.46. The molecular weight excluding hydrogens is 178 g/mol. The van der Waals surface area contributed by atoms with E-state index < -0.39 is 11.7 Å². The fraction of sp³-hybridized carbons (Fsp3) is 0.455. The first kappa shape index (κ1) is 12.6. The molecule has 3 nitrogen and oxygen atoms in total. The van der Waals surface area contributed by atoms with Crippen LogP contribution in [0.15, 0.2) is 29.8 Å². The van der Waals surface area contributed by atoms with Gasteiger partial charge in [0.25, 0.3) is 0 Å². The number of nitrogens with zero attached hydrogens (tertiary/aromatic N) is 1. The molecule has 0 radical (unpaired) electrons. The Bertz CT molecular complexity index is 270. The van der Waals surface area contributed by atoms with Gasteiger partial charge < -0.3 is 4.74 Å². The highest BCUT2D eigenvalue weighted by Gasteiger charge is 2.15. The maximum atomic E-state index is 11.2.